The van der Waals surface area contributed by atoms with Crippen LogP contribution in [-0.4, -0.2) is 82.8 Å². The standard InChI is InChI=1S/2C19H20N6O.C15H19NO.C14H16BrNO.C14H18N2O.C10H11ClN4O2.C5H11NO2.6CH4.ClH/c2*1-11-7-12(24-17-13(9-20)16(21)22-10-23-17)8-14-15(11)18(26)25-19(14)5-3-2-4-6-19;1-10-8-11(2)13-12(9-10)15(16-14(13)17)6-4-3-5-7-15;2*1-9-7-10(15)8-11-12(9)13(17)16-14(11)5-3-2-4-6-14;1-10(2,3)17-9(16)15-8-6(4-12)7(11)13-5-14-8;1-5(2,3)8-4(6)7;;;;;;;/h2*7-8,10H,2-6H2,1H3,(H,25,26)(H3,21,22,23,24);8-9H,3-7H2,1-2H3,(H,16,17);7-8H,2-6H2,1H3,(H,16,17);7-8H,2-6,15H2,1H3,(H,16,17);5H,1-3H3,(H,13,14,15,16);1-3H3,(H2,6,7);6*1H4;1H. The van der Waals surface area contributed by atoms with Crippen molar-refractivity contribution in [2.45, 2.75) is 327 Å². The van der Waals surface area contributed by atoms with Gasteiger partial charge in [-0.2, -0.15) is 15.8 Å². The van der Waals surface area contributed by atoms with E-state index in [0.29, 0.717) is 11.6 Å². The Morgan fingerprint density at radius 1 is 0.400 bits per heavy atom. The first-order valence-corrected chi connectivity index (χ1v) is 45.1. The summed E-state index contributed by atoms with van der Waals surface area (Å²) in [4.78, 5) is 106. The Kier molecular flexibility index (Phi) is 39.3. The summed E-state index contributed by atoms with van der Waals surface area (Å²) >= 11 is 9.23. The highest BCUT2D eigenvalue weighted by Crippen LogP contribution is 2.50. The molecular formula is C102H140BrCl2N21O9. The van der Waals surface area contributed by atoms with Crippen LogP contribution in [0.4, 0.5) is 55.7 Å². The van der Waals surface area contributed by atoms with E-state index >= 15 is 0 Å². The number of nitrogens with two attached hydrogens (primary N) is 4. The Balaban J connectivity index is 0.000000281. The number of primary amides is 1. The third kappa shape index (κ3) is 25.3. The van der Waals surface area contributed by atoms with E-state index in [2.05, 4.69) is 118 Å². The number of fused-ring (bicyclic) bond motifs is 10. The van der Waals surface area contributed by atoms with Gasteiger partial charge in [-0.05, 0) is 251 Å². The number of nitrogens with one attached hydrogen (secondary N) is 8. The molecule has 5 aromatic carbocycles. The van der Waals surface area contributed by atoms with Gasteiger partial charge in [-0.15, -0.1) is 12.4 Å². The first kappa shape index (κ1) is 113. The summed E-state index contributed by atoms with van der Waals surface area (Å²) in [5, 5.41) is 52.3. The SMILES string of the molecule is C.C.C.C.C.C.CC(C)(C)OC(=O)Nc1ncnc(Cl)c1C#N.CC(C)(C)OC(N)=O.Cc1cc(Br)cc2c1C(=O)NC21CCCCC1.Cc1cc(C)c2c(c1)C1(CCCCC1)NC2=O.Cc1cc(N)cc2c1C(=O)NC21CCCCC1.Cc1cc(Nc2ncnc(N)c2C#N)cc2c1C(=O)NC21CCCCC1.Cc1cc(Nc2ncnc(N)c2C#N)cc2c1C(=O)NC21CCCCC1.Cl. The van der Waals surface area contributed by atoms with E-state index in [1.165, 1.54) is 100.0 Å². The highest BCUT2D eigenvalue weighted by molar-refractivity contribution is 9.10. The maximum atomic E-state index is 12.6. The molecule has 8 aromatic rings. The first-order chi connectivity index (χ1) is 60.7. The van der Waals surface area contributed by atoms with E-state index < -0.39 is 23.4 Å². The van der Waals surface area contributed by atoms with Crippen LogP contribution in [0.15, 0.2) is 84.1 Å². The molecule has 5 fully saturated rings. The normalized spacial score (nSPS) is 16.8. The van der Waals surface area contributed by atoms with Crippen LogP contribution in [0.25, 0.3) is 0 Å². The number of benzene rings is 5. The first-order valence-electron chi connectivity index (χ1n) is 43.9. The Hall–Kier alpha value is -12.2. The molecule has 5 aliphatic heterocycles. The van der Waals surface area contributed by atoms with Crippen LogP contribution in [0.1, 0.15) is 376 Å². The van der Waals surface area contributed by atoms with Gasteiger partial charge >= 0.3 is 12.2 Å². The number of aromatic nitrogens is 6. The van der Waals surface area contributed by atoms with Crippen molar-refractivity contribution in [1.29, 1.82) is 15.8 Å². The van der Waals surface area contributed by atoms with E-state index in [-0.39, 0.29) is 153 Å². The highest BCUT2D eigenvalue weighted by Gasteiger charge is 2.50. The van der Waals surface area contributed by atoms with Crippen LogP contribution in [0.3, 0.4) is 0 Å². The molecule has 5 spiro atoms. The maximum Gasteiger partial charge on any atom is 0.413 e. The summed E-state index contributed by atoms with van der Waals surface area (Å²) < 4.78 is 10.7. The monoisotopic (exact) mass is 1950 g/mol. The average molecular weight is 1960 g/mol. The molecular weight excluding hydrogens is 1810 g/mol. The number of nitriles is 3. The molecule has 0 atom stereocenters. The Bertz CT molecular complexity index is 5430. The minimum atomic E-state index is -0.725. The third-order valence-electron chi connectivity index (χ3n) is 25.3. The second-order valence-corrected chi connectivity index (χ2v) is 38.2. The second-order valence-electron chi connectivity index (χ2n) is 36.9. The summed E-state index contributed by atoms with van der Waals surface area (Å²) in [5.41, 5.74) is 39.4. The number of ether oxygens (including phenoxy) is 2. The molecule has 7 amide bonds. The van der Waals surface area contributed by atoms with Crippen LogP contribution < -0.4 is 65.5 Å². The number of carbonyl (C=O) groups is 7. The van der Waals surface area contributed by atoms with Crippen LogP contribution in [0.2, 0.25) is 5.15 Å². The average Bonchev–Trinajstić information content (AvgIpc) is 1.64. The predicted molar refractivity (Wildman–Crippen MR) is 542 cm³/mol. The minimum Gasteiger partial charge on any atom is -0.444 e. The number of amides is 7. The van der Waals surface area contributed by atoms with Crippen molar-refractivity contribution in [3.63, 3.8) is 0 Å². The minimum absolute atomic E-state index is 0. The van der Waals surface area contributed by atoms with Gasteiger partial charge in [0.15, 0.2) is 22.6 Å². The molecule has 0 bridgehead atoms. The van der Waals surface area contributed by atoms with E-state index in [4.69, 9.17) is 44.5 Å². The lowest BCUT2D eigenvalue weighted by Gasteiger charge is -2.34. The number of halogens is 3. The van der Waals surface area contributed by atoms with Crippen molar-refractivity contribution in [1.82, 2.24) is 56.5 Å². The molecule has 0 radical (unpaired) electrons. The fourth-order valence-electron chi connectivity index (χ4n) is 19.9. The molecule has 3 aromatic heterocycles. The number of anilines is 8. The molecule has 16 N–H and O–H groups in total. The zero-order valence-electron chi connectivity index (χ0n) is 75.4. The van der Waals surface area contributed by atoms with Gasteiger partial charge in [-0.25, -0.2) is 39.5 Å². The Morgan fingerprint density at radius 3 is 1.01 bits per heavy atom. The number of nitrogens with zero attached hydrogens (tertiary/aromatic N) is 9. The molecule has 5 aliphatic carbocycles. The van der Waals surface area contributed by atoms with Gasteiger partial charge in [0.1, 0.15) is 76.7 Å². The molecule has 30 nitrogen and oxygen atoms in total. The topological polar surface area (TPSA) is 487 Å². The molecule has 728 valence electrons. The summed E-state index contributed by atoms with van der Waals surface area (Å²) in [6.07, 6.45) is 30.7. The molecule has 33 heteroatoms. The van der Waals surface area contributed by atoms with Gasteiger partial charge < -0.3 is 69.6 Å². The van der Waals surface area contributed by atoms with Gasteiger partial charge in [0.2, 0.25) is 0 Å². The number of nitrogen functional groups attached to an aromatic ring is 3. The number of hydrogen-bond donors (Lipinski definition) is 12. The quantitative estimate of drug-likeness (QED) is 0.0562. The lowest BCUT2D eigenvalue weighted by molar-refractivity contribution is 0.0595. The summed E-state index contributed by atoms with van der Waals surface area (Å²) in [5.74, 6) is 1.41. The van der Waals surface area contributed by atoms with Crippen molar-refractivity contribution in [3.8, 4) is 18.2 Å². The summed E-state index contributed by atoms with van der Waals surface area (Å²) in [6, 6.07) is 26.1. The zero-order chi connectivity index (χ0) is 92.6. The smallest absolute Gasteiger partial charge is 0.413 e. The molecule has 8 heterocycles. The molecule has 135 heavy (non-hydrogen) atoms. The maximum absolute atomic E-state index is 12.6. The lowest BCUT2D eigenvalue weighted by atomic mass is 9.76. The highest BCUT2D eigenvalue weighted by atomic mass is 79.9. The molecule has 10 aliphatic rings. The van der Waals surface area contributed by atoms with E-state index in [9.17, 15) is 44.1 Å². The number of carbonyl (C=O) groups excluding carboxylic acids is 7. The Labute approximate surface area is 817 Å². The Morgan fingerprint density at radius 2 is 0.689 bits per heavy atom. The molecule has 5 saturated carbocycles. The van der Waals surface area contributed by atoms with Gasteiger partial charge in [0.25, 0.3) is 29.5 Å². The van der Waals surface area contributed by atoms with Crippen molar-refractivity contribution in [3.05, 3.63) is 195 Å². The summed E-state index contributed by atoms with van der Waals surface area (Å²) in [6.45, 7) is 22.5. The van der Waals surface area contributed by atoms with Crippen LogP contribution in [-0.2, 0) is 37.2 Å². The van der Waals surface area contributed by atoms with Gasteiger partial charge in [0.05, 0.1) is 27.7 Å². The molecule has 0 unspecified atom stereocenters. The largest absolute Gasteiger partial charge is 0.444 e. The van der Waals surface area contributed by atoms with Gasteiger partial charge in [-0.3, -0.25) is 29.3 Å². The van der Waals surface area contributed by atoms with E-state index in [1.807, 2.05) is 89.2 Å². The second kappa shape index (κ2) is 46.8. The van der Waals surface area contributed by atoms with E-state index in [0.717, 1.165) is 190 Å². The predicted octanol–water partition coefficient (Wildman–Crippen LogP) is 22.6. The van der Waals surface area contributed by atoms with Gasteiger partial charge in [-0.1, -0.05) is 186 Å². The van der Waals surface area contributed by atoms with E-state index in [1.54, 1.807) is 47.6 Å². The fourth-order valence-corrected chi connectivity index (χ4v) is 20.6. The number of hydrogen-bond acceptors (Lipinski definition) is 23. The third-order valence-corrected chi connectivity index (χ3v) is 26.0. The lowest BCUT2D eigenvalue weighted by Crippen LogP contribution is -2.40. The summed E-state index contributed by atoms with van der Waals surface area (Å²) in [7, 11) is 0. The van der Waals surface area contributed by atoms with Crippen molar-refractivity contribution < 1.29 is 43.0 Å². The zero-order valence-corrected chi connectivity index (χ0v) is 78.5. The van der Waals surface area contributed by atoms with Crippen molar-refractivity contribution in [2.24, 2.45) is 5.73 Å². The number of aryl methyl sites for hydroxylation is 6. The fraction of sp³-hybridized carbons (Fsp3) is 0.490. The van der Waals surface area contributed by atoms with Gasteiger partial charge in [0, 0.05) is 49.4 Å². The van der Waals surface area contributed by atoms with Crippen LogP contribution in [0, 0.1) is 75.5 Å². The molecule has 0 saturated heterocycles. The van der Waals surface area contributed by atoms with Crippen molar-refractivity contribution >= 4 is 128 Å². The van der Waals surface area contributed by atoms with Crippen molar-refractivity contribution in [2.75, 3.05) is 33.2 Å². The molecule has 18 rings (SSSR count). The number of rotatable bonds is 5. The van der Waals surface area contributed by atoms with Crippen LogP contribution in [0.5, 0.6) is 0 Å². The van der Waals surface area contributed by atoms with Crippen LogP contribution >= 0.6 is 39.9 Å².